The van der Waals surface area contributed by atoms with E-state index in [2.05, 4.69) is 28.4 Å². The molecular weight excluding hydrogens is 390 g/mol. The molecule has 31 heavy (non-hydrogen) atoms. The topological polar surface area (TPSA) is 75.3 Å². The molecule has 0 atom stereocenters. The Morgan fingerprint density at radius 2 is 1.81 bits per heavy atom. The molecule has 0 spiro atoms. The Kier molecular flexibility index (Phi) is 7.98. The molecule has 0 aliphatic rings. The molecule has 3 rings (SSSR count). The van der Waals surface area contributed by atoms with Crippen LogP contribution in [0.3, 0.4) is 0 Å². The summed E-state index contributed by atoms with van der Waals surface area (Å²) in [5.74, 6) is 0.429. The normalized spacial score (nSPS) is 10.6. The number of nitrogens with one attached hydrogen (secondary N) is 1. The number of carbonyl (C=O) groups excluding carboxylic acids is 2. The number of ketones is 1. The van der Waals surface area contributed by atoms with E-state index in [-0.39, 0.29) is 18.3 Å². The summed E-state index contributed by atoms with van der Waals surface area (Å²) in [5, 5.41) is 7.50. The maximum absolute atomic E-state index is 12.3. The fourth-order valence-corrected chi connectivity index (χ4v) is 3.27. The molecule has 0 radical (unpaired) electrons. The van der Waals surface area contributed by atoms with Crippen molar-refractivity contribution >= 4 is 11.7 Å². The monoisotopic (exact) mass is 419 g/mol. The number of ether oxygens (including phenoxy) is 1. The Labute approximate surface area is 183 Å². The number of aromatic amines is 1. The van der Waals surface area contributed by atoms with Crippen molar-refractivity contribution in [2.45, 2.75) is 32.6 Å². The molecule has 1 aromatic heterocycles. The van der Waals surface area contributed by atoms with Crippen LogP contribution in [-0.2, 0) is 11.2 Å². The zero-order valence-corrected chi connectivity index (χ0v) is 18.1. The molecule has 1 amide bonds. The molecule has 0 saturated heterocycles. The van der Waals surface area contributed by atoms with Gasteiger partial charge in [0.05, 0.1) is 5.69 Å². The van der Waals surface area contributed by atoms with Crippen LogP contribution in [0.15, 0.2) is 60.7 Å². The lowest BCUT2D eigenvalue weighted by molar-refractivity contribution is -0.132. The highest BCUT2D eigenvalue weighted by atomic mass is 16.5. The SMILES string of the molecule is CC(=O)c1cccc(OCC(=O)N(C)CCCCCc2cc(-c3ccccc3)n[nH]2)c1. The van der Waals surface area contributed by atoms with Crippen LogP contribution < -0.4 is 4.74 Å². The summed E-state index contributed by atoms with van der Waals surface area (Å²) in [5.41, 5.74) is 3.78. The van der Waals surface area contributed by atoms with Gasteiger partial charge in [-0.25, -0.2) is 0 Å². The summed E-state index contributed by atoms with van der Waals surface area (Å²) >= 11 is 0. The van der Waals surface area contributed by atoms with Gasteiger partial charge in [0.1, 0.15) is 5.75 Å². The zero-order valence-electron chi connectivity index (χ0n) is 18.1. The molecule has 1 N–H and O–H groups in total. The van der Waals surface area contributed by atoms with E-state index in [0.29, 0.717) is 17.9 Å². The number of benzene rings is 2. The fraction of sp³-hybridized carbons (Fsp3) is 0.320. The Hall–Kier alpha value is -3.41. The van der Waals surface area contributed by atoms with Gasteiger partial charge in [0.25, 0.3) is 5.91 Å². The number of nitrogens with zero attached hydrogens (tertiary/aromatic N) is 2. The Balaban J connectivity index is 1.33. The van der Waals surface area contributed by atoms with Crippen LogP contribution in [0.25, 0.3) is 11.3 Å². The predicted molar refractivity (Wildman–Crippen MR) is 121 cm³/mol. The van der Waals surface area contributed by atoms with Gasteiger partial charge in [0.2, 0.25) is 0 Å². The summed E-state index contributed by atoms with van der Waals surface area (Å²) in [7, 11) is 1.79. The van der Waals surface area contributed by atoms with E-state index in [4.69, 9.17) is 4.74 Å². The van der Waals surface area contributed by atoms with E-state index in [1.807, 2.05) is 18.2 Å². The highest BCUT2D eigenvalue weighted by Crippen LogP contribution is 2.18. The molecule has 0 unspecified atom stereocenters. The minimum absolute atomic E-state index is 0.0275. The first-order valence-electron chi connectivity index (χ1n) is 10.6. The van der Waals surface area contributed by atoms with Gasteiger partial charge in [-0.05, 0) is 44.4 Å². The van der Waals surface area contributed by atoms with Crippen LogP contribution in [0.1, 0.15) is 42.2 Å². The summed E-state index contributed by atoms with van der Waals surface area (Å²) in [6.07, 6.45) is 3.93. The van der Waals surface area contributed by atoms with Gasteiger partial charge in [0.15, 0.2) is 12.4 Å². The summed E-state index contributed by atoms with van der Waals surface area (Å²) in [6, 6.07) is 19.1. The van der Waals surface area contributed by atoms with Crippen molar-refractivity contribution in [1.82, 2.24) is 15.1 Å². The molecule has 162 valence electrons. The van der Waals surface area contributed by atoms with Crippen LogP contribution >= 0.6 is 0 Å². The molecule has 0 aliphatic carbocycles. The lowest BCUT2D eigenvalue weighted by Crippen LogP contribution is -2.32. The predicted octanol–water partition coefficient (Wildman–Crippen LogP) is 4.53. The summed E-state index contributed by atoms with van der Waals surface area (Å²) in [4.78, 5) is 25.4. The first kappa shape index (κ1) is 22.3. The first-order valence-corrected chi connectivity index (χ1v) is 10.6. The Morgan fingerprint density at radius 3 is 2.58 bits per heavy atom. The van der Waals surface area contributed by atoms with Crippen molar-refractivity contribution in [2.24, 2.45) is 0 Å². The van der Waals surface area contributed by atoms with Gasteiger partial charge >= 0.3 is 0 Å². The Morgan fingerprint density at radius 1 is 1.00 bits per heavy atom. The van der Waals surface area contributed by atoms with Gasteiger partial charge in [-0.1, -0.05) is 48.9 Å². The second kappa shape index (κ2) is 11.1. The molecule has 3 aromatic rings. The molecule has 0 bridgehead atoms. The van der Waals surface area contributed by atoms with Crippen molar-refractivity contribution < 1.29 is 14.3 Å². The standard InChI is InChI=1S/C25H29N3O3/c1-19(29)21-12-9-14-23(16-21)31-18-25(30)28(2)15-8-4-7-13-22-17-24(27-26-22)20-10-5-3-6-11-20/h3,5-6,9-12,14,16-17H,4,7-8,13,15,18H2,1-2H3,(H,26,27). The number of likely N-dealkylation sites (N-methyl/N-ethyl adjacent to an activating group) is 1. The molecular formula is C25H29N3O3. The third-order valence-electron chi connectivity index (χ3n) is 5.17. The number of hydrogen-bond acceptors (Lipinski definition) is 4. The van der Waals surface area contributed by atoms with Crippen LogP contribution in [0.5, 0.6) is 5.75 Å². The number of Topliss-reactive ketones (excluding diaryl/α,β-unsaturated/α-hetero) is 1. The average molecular weight is 420 g/mol. The second-order valence-electron chi connectivity index (χ2n) is 7.64. The van der Waals surface area contributed by atoms with E-state index in [0.717, 1.165) is 42.6 Å². The molecule has 0 aliphatic heterocycles. The highest BCUT2D eigenvalue weighted by molar-refractivity contribution is 5.94. The van der Waals surface area contributed by atoms with Gasteiger partial charge < -0.3 is 9.64 Å². The van der Waals surface area contributed by atoms with Gasteiger partial charge in [0, 0.05) is 30.4 Å². The van der Waals surface area contributed by atoms with E-state index in [1.54, 1.807) is 36.2 Å². The second-order valence-corrected chi connectivity index (χ2v) is 7.64. The van der Waals surface area contributed by atoms with Crippen molar-refractivity contribution in [2.75, 3.05) is 20.2 Å². The maximum Gasteiger partial charge on any atom is 0.260 e. The van der Waals surface area contributed by atoms with E-state index in [1.165, 1.54) is 6.92 Å². The lowest BCUT2D eigenvalue weighted by Gasteiger charge is -2.17. The van der Waals surface area contributed by atoms with Crippen molar-refractivity contribution in [3.63, 3.8) is 0 Å². The number of amides is 1. The van der Waals surface area contributed by atoms with Gasteiger partial charge in [-0.15, -0.1) is 0 Å². The number of unbranched alkanes of at least 4 members (excludes halogenated alkanes) is 2. The lowest BCUT2D eigenvalue weighted by atomic mass is 10.1. The minimum Gasteiger partial charge on any atom is -0.484 e. The van der Waals surface area contributed by atoms with E-state index < -0.39 is 0 Å². The molecule has 1 heterocycles. The Bertz CT molecular complexity index is 998. The number of hydrogen-bond donors (Lipinski definition) is 1. The largest absolute Gasteiger partial charge is 0.484 e. The number of aryl methyl sites for hydroxylation is 1. The fourth-order valence-electron chi connectivity index (χ4n) is 3.27. The average Bonchev–Trinajstić information content (AvgIpc) is 3.27. The molecule has 6 heteroatoms. The van der Waals surface area contributed by atoms with E-state index >= 15 is 0 Å². The maximum atomic E-state index is 12.3. The smallest absolute Gasteiger partial charge is 0.260 e. The van der Waals surface area contributed by atoms with Crippen LogP contribution in [0.4, 0.5) is 0 Å². The van der Waals surface area contributed by atoms with Crippen molar-refractivity contribution in [1.29, 1.82) is 0 Å². The molecule has 0 saturated carbocycles. The van der Waals surface area contributed by atoms with Gasteiger partial charge in [-0.3, -0.25) is 14.7 Å². The molecule has 6 nitrogen and oxygen atoms in total. The van der Waals surface area contributed by atoms with Crippen LogP contribution in [0, 0.1) is 0 Å². The third kappa shape index (κ3) is 6.81. The van der Waals surface area contributed by atoms with Crippen LogP contribution in [0.2, 0.25) is 0 Å². The zero-order chi connectivity index (χ0) is 22.1. The van der Waals surface area contributed by atoms with Gasteiger partial charge in [-0.2, -0.15) is 5.10 Å². The van der Waals surface area contributed by atoms with Crippen molar-refractivity contribution in [3.8, 4) is 17.0 Å². The molecule has 2 aromatic carbocycles. The summed E-state index contributed by atoms with van der Waals surface area (Å²) < 4.78 is 5.55. The van der Waals surface area contributed by atoms with Crippen LogP contribution in [-0.4, -0.2) is 47.0 Å². The van der Waals surface area contributed by atoms with Crippen molar-refractivity contribution in [3.05, 3.63) is 71.9 Å². The minimum atomic E-state index is -0.0747. The molecule has 0 fully saturated rings. The van der Waals surface area contributed by atoms with E-state index in [9.17, 15) is 9.59 Å². The third-order valence-corrected chi connectivity index (χ3v) is 5.17. The number of carbonyl (C=O) groups is 2. The number of aromatic nitrogens is 2. The number of rotatable bonds is 11. The first-order chi connectivity index (χ1) is 15.0. The number of H-pyrrole nitrogens is 1. The summed E-state index contributed by atoms with van der Waals surface area (Å²) in [6.45, 7) is 2.16. The highest BCUT2D eigenvalue weighted by Gasteiger charge is 2.10. The quantitative estimate of drug-likeness (QED) is 0.366.